The minimum absolute atomic E-state index is 0.0413. The number of benzene rings is 1. The summed E-state index contributed by atoms with van der Waals surface area (Å²) in [5.41, 5.74) is 0.162. The summed E-state index contributed by atoms with van der Waals surface area (Å²) in [5.74, 6) is -0.928. The van der Waals surface area contributed by atoms with Gasteiger partial charge in [-0.3, -0.25) is 14.0 Å². The summed E-state index contributed by atoms with van der Waals surface area (Å²) < 4.78 is 40.6. The van der Waals surface area contributed by atoms with E-state index in [2.05, 4.69) is 15.6 Å². The summed E-state index contributed by atoms with van der Waals surface area (Å²) in [6.07, 6.45) is -3.51. The van der Waals surface area contributed by atoms with E-state index in [-0.39, 0.29) is 22.3 Å². The average Bonchev–Trinajstić information content (AvgIpc) is 3.00. The third-order valence-corrected chi connectivity index (χ3v) is 4.34. The maximum absolute atomic E-state index is 13.2. The quantitative estimate of drug-likeness (QED) is 0.633. The van der Waals surface area contributed by atoms with Crippen LogP contribution in [0.25, 0.3) is 5.65 Å². The molecule has 0 saturated carbocycles. The van der Waals surface area contributed by atoms with Gasteiger partial charge in [-0.1, -0.05) is 24.6 Å². The Balaban J connectivity index is 2.05. The van der Waals surface area contributed by atoms with Gasteiger partial charge in [0.05, 0.1) is 16.3 Å². The number of carbonyl (C=O) groups is 2. The lowest BCUT2D eigenvalue weighted by Crippen LogP contribution is -2.17. The van der Waals surface area contributed by atoms with Crippen LogP contribution in [-0.4, -0.2) is 21.2 Å². The number of anilines is 2. The fourth-order valence-electron chi connectivity index (χ4n) is 2.86. The van der Waals surface area contributed by atoms with Crippen LogP contribution in [0.4, 0.5) is 24.5 Å². The van der Waals surface area contributed by atoms with Crippen molar-refractivity contribution in [2.75, 3.05) is 10.6 Å². The summed E-state index contributed by atoms with van der Waals surface area (Å²) in [6.45, 7) is 3.08. The molecule has 0 unspecified atom stereocenters. The molecular weight excluding hydrogens is 409 g/mol. The van der Waals surface area contributed by atoms with Gasteiger partial charge in [-0.2, -0.15) is 13.2 Å². The molecule has 3 rings (SSSR count). The minimum Gasteiger partial charge on any atom is -0.326 e. The lowest BCUT2D eigenvalue weighted by Gasteiger charge is -2.11. The number of carbonyl (C=O) groups excluding carboxylic acids is 2. The smallest absolute Gasteiger partial charge is 0.326 e. The van der Waals surface area contributed by atoms with Gasteiger partial charge in [-0.15, -0.1) is 0 Å². The lowest BCUT2D eigenvalue weighted by molar-refractivity contribution is -0.137. The Morgan fingerprint density at radius 1 is 1.17 bits per heavy atom. The van der Waals surface area contributed by atoms with Crippen molar-refractivity contribution in [1.29, 1.82) is 0 Å². The van der Waals surface area contributed by atoms with E-state index >= 15 is 0 Å². The zero-order valence-electron chi connectivity index (χ0n) is 15.4. The largest absolute Gasteiger partial charge is 0.417 e. The van der Waals surface area contributed by atoms with E-state index in [1.165, 1.54) is 13.0 Å². The fraction of sp³-hybridized carbons (Fsp3) is 0.211. The maximum atomic E-state index is 13.2. The number of aromatic nitrogens is 2. The highest BCUT2D eigenvalue weighted by Crippen LogP contribution is 2.33. The van der Waals surface area contributed by atoms with Gasteiger partial charge in [0.1, 0.15) is 5.69 Å². The van der Waals surface area contributed by atoms with Crippen molar-refractivity contribution in [1.82, 2.24) is 9.38 Å². The molecule has 0 radical (unpaired) electrons. The second-order valence-electron chi connectivity index (χ2n) is 6.24. The molecule has 3 aromatic rings. The molecule has 10 heteroatoms. The van der Waals surface area contributed by atoms with Crippen LogP contribution < -0.4 is 10.6 Å². The molecular formula is C19H16ClF3N4O2. The van der Waals surface area contributed by atoms with Crippen LogP contribution in [-0.2, 0) is 17.4 Å². The second kappa shape index (κ2) is 7.75. The number of rotatable bonds is 4. The Morgan fingerprint density at radius 3 is 2.41 bits per heavy atom. The second-order valence-corrected chi connectivity index (χ2v) is 6.65. The van der Waals surface area contributed by atoms with Gasteiger partial charge in [0.25, 0.3) is 5.91 Å². The molecule has 0 bridgehead atoms. The number of hydrogen-bond acceptors (Lipinski definition) is 3. The Bertz CT molecular complexity index is 1110. The van der Waals surface area contributed by atoms with Gasteiger partial charge in [0.2, 0.25) is 5.91 Å². The first-order valence-electron chi connectivity index (χ1n) is 8.56. The molecule has 2 N–H and O–H groups in total. The van der Waals surface area contributed by atoms with Crippen molar-refractivity contribution in [2.45, 2.75) is 26.4 Å². The van der Waals surface area contributed by atoms with E-state index in [1.54, 1.807) is 25.1 Å². The molecule has 0 fully saturated rings. The van der Waals surface area contributed by atoms with Gasteiger partial charge >= 0.3 is 6.18 Å². The Labute approximate surface area is 168 Å². The fourth-order valence-corrected chi connectivity index (χ4v) is 3.11. The molecule has 1 aromatic carbocycles. The highest BCUT2D eigenvalue weighted by Gasteiger charge is 2.33. The molecule has 0 saturated heterocycles. The van der Waals surface area contributed by atoms with E-state index in [4.69, 9.17) is 11.6 Å². The molecule has 2 amide bonds. The van der Waals surface area contributed by atoms with Crippen molar-refractivity contribution in [2.24, 2.45) is 0 Å². The summed E-state index contributed by atoms with van der Waals surface area (Å²) in [4.78, 5) is 28.3. The third-order valence-electron chi connectivity index (χ3n) is 4.07. The van der Waals surface area contributed by atoms with Crippen molar-refractivity contribution in [3.05, 3.63) is 58.5 Å². The first kappa shape index (κ1) is 20.7. The predicted octanol–water partition coefficient (Wildman–Crippen LogP) is 4.78. The Morgan fingerprint density at radius 2 is 1.83 bits per heavy atom. The molecule has 0 aliphatic rings. The summed E-state index contributed by atoms with van der Waals surface area (Å²) in [5, 5.41) is 5.01. The van der Waals surface area contributed by atoms with Crippen LogP contribution in [0.2, 0.25) is 5.02 Å². The van der Waals surface area contributed by atoms with Gasteiger partial charge in [0.15, 0.2) is 5.65 Å². The summed E-state index contributed by atoms with van der Waals surface area (Å²) >= 11 is 5.99. The number of alkyl halides is 3. The number of nitrogens with one attached hydrogen (secondary N) is 2. The Hall–Kier alpha value is -3.07. The lowest BCUT2D eigenvalue weighted by atomic mass is 10.2. The van der Waals surface area contributed by atoms with Gasteiger partial charge in [0, 0.05) is 24.5 Å². The number of hydrogen-bond donors (Lipinski definition) is 2. The van der Waals surface area contributed by atoms with Crippen LogP contribution in [0.1, 0.15) is 35.6 Å². The van der Waals surface area contributed by atoms with Crippen molar-refractivity contribution in [3.63, 3.8) is 0 Å². The van der Waals surface area contributed by atoms with E-state index < -0.39 is 17.6 Å². The molecule has 0 spiro atoms. The Kier molecular flexibility index (Phi) is 5.52. The van der Waals surface area contributed by atoms with Crippen molar-refractivity contribution < 1.29 is 22.8 Å². The van der Waals surface area contributed by atoms with Crippen LogP contribution in [0.15, 0.2) is 36.5 Å². The predicted molar refractivity (Wildman–Crippen MR) is 103 cm³/mol. The molecule has 2 aromatic heterocycles. The van der Waals surface area contributed by atoms with Gasteiger partial charge in [-0.05, 0) is 30.7 Å². The molecule has 6 nitrogen and oxygen atoms in total. The van der Waals surface area contributed by atoms with E-state index in [1.807, 2.05) is 0 Å². The van der Waals surface area contributed by atoms with Crippen molar-refractivity contribution in [3.8, 4) is 0 Å². The first-order valence-corrected chi connectivity index (χ1v) is 8.94. The highest BCUT2D eigenvalue weighted by molar-refractivity contribution is 6.33. The highest BCUT2D eigenvalue weighted by atomic mass is 35.5. The third kappa shape index (κ3) is 4.34. The molecule has 152 valence electrons. The molecule has 29 heavy (non-hydrogen) atoms. The maximum Gasteiger partial charge on any atom is 0.417 e. The number of aryl methyl sites for hydroxylation is 1. The number of fused-ring (bicyclic) bond motifs is 1. The molecule has 2 heterocycles. The minimum atomic E-state index is -4.63. The topological polar surface area (TPSA) is 75.5 Å². The average molecular weight is 425 g/mol. The number of halogens is 4. The van der Waals surface area contributed by atoms with Crippen LogP contribution in [0.3, 0.4) is 0 Å². The van der Waals surface area contributed by atoms with Crippen LogP contribution >= 0.6 is 11.6 Å². The standard InChI is InChI=1S/C19H16ClF3N4O2/c1-3-15-16(18(29)25-13-6-4-5-12(8-13)24-10(2)28)27-9-11(19(21,22)23)7-14(20)17(27)26-15/h4-9H,3H2,1-2H3,(H,24,28)(H,25,29). The molecule has 0 atom stereocenters. The number of pyridine rings is 1. The van der Waals surface area contributed by atoms with Crippen molar-refractivity contribution >= 4 is 40.4 Å². The monoisotopic (exact) mass is 424 g/mol. The summed E-state index contributed by atoms with van der Waals surface area (Å²) in [7, 11) is 0. The number of imidazole rings is 1. The molecule has 0 aliphatic carbocycles. The van der Waals surface area contributed by atoms with E-state index in [9.17, 15) is 22.8 Å². The SMILES string of the molecule is CCc1nc2c(Cl)cc(C(F)(F)F)cn2c1C(=O)Nc1cccc(NC(C)=O)c1. The van der Waals surface area contributed by atoms with E-state index in [0.29, 0.717) is 23.5 Å². The van der Waals surface area contributed by atoms with Gasteiger partial charge in [-0.25, -0.2) is 4.98 Å². The number of amides is 2. The zero-order valence-corrected chi connectivity index (χ0v) is 16.1. The zero-order chi connectivity index (χ0) is 21.3. The number of nitrogens with zero attached hydrogens (tertiary/aromatic N) is 2. The molecule has 0 aliphatic heterocycles. The normalized spacial score (nSPS) is 11.5. The van der Waals surface area contributed by atoms with E-state index in [0.717, 1.165) is 16.7 Å². The first-order chi connectivity index (χ1) is 13.6. The van der Waals surface area contributed by atoms with Gasteiger partial charge < -0.3 is 10.6 Å². The summed E-state index contributed by atoms with van der Waals surface area (Å²) in [6, 6.07) is 7.16. The van der Waals surface area contributed by atoms with Crippen LogP contribution in [0.5, 0.6) is 0 Å². The van der Waals surface area contributed by atoms with Crippen LogP contribution in [0, 0.1) is 0 Å².